The highest BCUT2D eigenvalue weighted by Gasteiger charge is 2.14. The van der Waals surface area contributed by atoms with Gasteiger partial charge in [0.15, 0.2) is 0 Å². The Hall–Kier alpha value is -1.85. The summed E-state index contributed by atoms with van der Waals surface area (Å²) < 4.78 is 0. The summed E-state index contributed by atoms with van der Waals surface area (Å²) >= 11 is 12.2. The molecule has 0 aliphatic rings. The van der Waals surface area contributed by atoms with E-state index in [-0.39, 0.29) is 5.91 Å². The van der Waals surface area contributed by atoms with Gasteiger partial charge in [-0.2, -0.15) is 0 Å². The molecule has 0 atom stereocenters. The van der Waals surface area contributed by atoms with Crippen molar-refractivity contribution in [3.63, 3.8) is 0 Å². The second-order valence-electron chi connectivity index (χ2n) is 5.09. The molecule has 1 N–H and O–H groups in total. The first-order valence-electron chi connectivity index (χ1n) is 7.31. The van der Waals surface area contributed by atoms with Crippen LogP contribution in [-0.2, 0) is 0 Å². The van der Waals surface area contributed by atoms with Crippen LogP contribution in [0.2, 0.25) is 10.0 Å². The van der Waals surface area contributed by atoms with Crippen molar-refractivity contribution in [2.24, 2.45) is 0 Å². The third-order valence-electron chi connectivity index (χ3n) is 3.30. The van der Waals surface area contributed by atoms with Crippen molar-refractivity contribution >= 4 is 40.6 Å². The number of para-hydroxylation sites is 1. The number of benzene rings is 1. The molecule has 23 heavy (non-hydrogen) atoms. The molecule has 0 aliphatic carbocycles. The lowest BCUT2D eigenvalue weighted by Crippen LogP contribution is -2.28. The Morgan fingerprint density at radius 2 is 1.96 bits per heavy atom. The second kappa shape index (κ2) is 8.13. The Kier molecular flexibility index (Phi) is 6.19. The minimum absolute atomic E-state index is 0.144. The van der Waals surface area contributed by atoms with E-state index in [0.29, 0.717) is 33.8 Å². The molecular weight excluding hydrogens is 335 g/mol. The first kappa shape index (κ1) is 17.5. The highest BCUT2D eigenvalue weighted by molar-refractivity contribution is 6.39. The van der Waals surface area contributed by atoms with Crippen LogP contribution in [0.5, 0.6) is 0 Å². The topological polar surface area (TPSA) is 58.1 Å². The Balaban J connectivity index is 2.18. The molecule has 0 fully saturated rings. The van der Waals surface area contributed by atoms with Crippen molar-refractivity contribution in [2.75, 3.05) is 18.9 Å². The molecule has 1 aromatic heterocycles. The van der Waals surface area contributed by atoms with Crippen molar-refractivity contribution in [2.45, 2.75) is 19.8 Å². The summed E-state index contributed by atoms with van der Waals surface area (Å²) in [7, 11) is 1.76. The van der Waals surface area contributed by atoms with E-state index in [1.807, 2.05) is 0 Å². The van der Waals surface area contributed by atoms with E-state index in [1.54, 1.807) is 36.2 Å². The first-order chi connectivity index (χ1) is 11.0. The van der Waals surface area contributed by atoms with Crippen LogP contribution >= 0.6 is 23.2 Å². The summed E-state index contributed by atoms with van der Waals surface area (Å²) in [5.74, 6) is 0.316. The van der Waals surface area contributed by atoms with Gasteiger partial charge < -0.3 is 10.2 Å². The Morgan fingerprint density at radius 1 is 1.26 bits per heavy atom. The average Bonchev–Trinajstić information content (AvgIpc) is 2.55. The van der Waals surface area contributed by atoms with Gasteiger partial charge in [0.05, 0.1) is 15.7 Å². The number of carbonyl (C=O) groups is 1. The Bertz CT molecular complexity index is 673. The van der Waals surface area contributed by atoms with Crippen LogP contribution < -0.4 is 5.32 Å². The SMILES string of the molecule is CCCCN(C)C(=O)c1cc(Nc2c(Cl)cccc2Cl)ncn1. The number of hydrogen-bond acceptors (Lipinski definition) is 4. The molecule has 5 nitrogen and oxygen atoms in total. The zero-order valence-electron chi connectivity index (χ0n) is 13.0. The zero-order valence-corrected chi connectivity index (χ0v) is 14.5. The van der Waals surface area contributed by atoms with Crippen molar-refractivity contribution in [1.29, 1.82) is 0 Å². The maximum absolute atomic E-state index is 12.3. The molecule has 2 aromatic rings. The zero-order chi connectivity index (χ0) is 16.8. The lowest BCUT2D eigenvalue weighted by Gasteiger charge is -2.16. The van der Waals surface area contributed by atoms with Gasteiger partial charge in [0.25, 0.3) is 5.91 Å². The normalized spacial score (nSPS) is 10.4. The van der Waals surface area contributed by atoms with Crippen LogP contribution in [-0.4, -0.2) is 34.4 Å². The van der Waals surface area contributed by atoms with Crippen LogP contribution in [0, 0.1) is 0 Å². The summed E-state index contributed by atoms with van der Waals surface area (Å²) in [6, 6.07) is 6.79. The molecule has 0 spiro atoms. The number of anilines is 2. The van der Waals surface area contributed by atoms with Gasteiger partial charge in [-0.15, -0.1) is 0 Å². The quantitative estimate of drug-likeness (QED) is 0.836. The second-order valence-corrected chi connectivity index (χ2v) is 5.90. The number of rotatable bonds is 6. The predicted molar refractivity (Wildman–Crippen MR) is 93.6 cm³/mol. The van der Waals surface area contributed by atoms with Crippen LogP contribution in [0.25, 0.3) is 0 Å². The number of aromatic nitrogens is 2. The van der Waals surface area contributed by atoms with Gasteiger partial charge in [-0.1, -0.05) is 42.6 Å². The van der Waals surface area contributed by atoms with E-state index < -0.39 is 0 Å². The fraction of sp³-hybridized carbons (Fsp3) is 0.312. The van der Waals surface area contributed by atoms with Gasteiger partial charge in [-0.25, -0.2) is 9.97 Å². The summed E-state index contributed by atoms with van der Waals surface area (Å²) in [5.41, 5.74) is 0.872. The average molecular weight is 353 g/mol. The van der Waals surface area contributed by atoms with Gasteiger partial charge in [0, 0.05) is 19.7 Å². The minimum Gasteiger partial charge on any atom is -0.340 e. The van der Waals surface area contributed by atoms with Crippen LogP contribution in [0.1, 0.15) is 30.3 Å². The molecule has 122 valence electrons. The monoisotopic (exact) mass is 352 g/mol. The number of nitrogens with zero attached hydrogens (tertiary/aromatic N) is 3. The van der Waals surface area contributed by atoms with E-state index >= 15 is 0 Å². The smallest absolute Gasteiger partial charge is 0.272 e. The van der Waals surface area contributed by atoms with Gasteiger partial charge >= 0.3 is 0 Å². The lowest BCUT2D eigenvalue weighted by atomic mass is 10.3. The molecule has 0 bridgehead atoms. The minimum atomic E-state index is -0.144. The predicted octanol–water partition coefficient (Wildman–Crippen LogP) is 4.40. The van der Waals surface area contributed by atoms with E-state index in [2.05, 4.69) is 22.2 Å². The molecule has 0 aliphatic heterocycles. The van der Waals surface area contributed by atoms with Crippen LogP contribution in [0.3, 0.4) is 0 Å². The van der Waals surface area contributed by atoms with Crippen LogP contribution in [0.15, 0.2) is 30.6 Å². The van der Waals surface area contributed by atoms with Crippen molar-refractivity contribution in [3.8, 4) is 0 Å². The highest BCUT2D eigenvalue weighted by atomic mass is 35.5. The standard InChI is InChI=1S/C16H18Cl2N4O/c1-3-4-8-22(2)16(23)13-9-14(20-10-19-13)21-15-11(17)6-5-7-12(15)18/h5-7,9-10H,3-4,8H2,1-2H3,(H,19,20,21). The third-order valence-corrected chi connectivity index (χ3v) is 3.93. The number of halogens is 2. The fourth-order valence-electron chi connectivity index (χ4n) is 1.98. The van der Waals surface area contributed by atoms with Gasteiger partial charge in [0.2, 0.25) is 0 Å². The number of unbranched alkanes of at least 4 members (excludes halogenated alkanes) is 1. The molecule has 0 radical (unpaired) electrons. The Morgan fingerprint density at radius 3 is 2.61 bits per heavy atom. The molecule has 7 heteroatoms. The number of nitrogens with one attached hydrogen (secondary N) is 1. The highest BCUT2D eigenvalue weighted by Crippen LogP contribution is 2.31. The number of carbonyl (C=O) groups excluding carboxylic acids is 1. The van der Waals surface area contributed by atoms with E-state index in [9.17, 15) is 4.79 Å². The number of hydrogen-bond donors (Lipinski definition) is 1. The summed E-state index contributed by atoms with van der Waals surface area (Å²) in [4.78, 5) is 22.2. The largest absolute Gasteiger partial charge is 0.340 e. The van der Waals surface area contributed by atoms with Gasteiger partial charge in [-0.3, -0.25) is 4.79 Å². The maximum Gasteiger partial charge on any atom is 0.272 e. The number of amides is 1. The van der Waals surface area contributed by atoms with E-state index in [0.717, 1.165) is 12.8 Å². The molecule has 1 heterocycles. The lowest BCUT2D eigenvalue weighted by molar-refractivity contribution is 0.0787. The van der Waals surface area contributed by atoms with Gasteiger partial charge in [0.1, 0.15) is 17.8 Å². The molecule has 0 unspecified atom stereocenters. The summed E-state index contributed by atoms with van der Waals surface area (Å²) in [6.45, 7) is 2.77. The van der Waals surface area contributed by atoms with Crippen molar-refractivity contribution in [3.05, 3.63) is 46.3 Å². The van der Waals surface area contributed by atoms with E-state index in [4.69, 9.17) is 23.2 Å². The summed E-state index contributed by atoms with van der Waals surface area (Å²) in [6.07, 6.45) is 3.32. The Labute approximate surface area is 145 Å². The van der Waals surface area contributed by atoms with Crippen LogP contribution in [0.4, 0.5) is 11.5 Å². The summed E-state index contributed by atoms with van der Waals surface area (Å²) in [5, 5.41) is 3.98. The molecule has 1 aromatic carbocycles. The van der Waals surface area contributed by atoms with E-state index in [1.165, 1.54) is 6.33 Å². The maximum atomic E-state index is 12.3. The first-order valence-corrected chi connectivity index (χ1v) is 8.07. The molecular formula is C16H18Cl2N4O. The fourth-order valence-corrected chi connectivity index (χ4v) is 2.47. The van der Waals surface area contributed by atoms with Crippen molar-refractivity contribution in [1.82, 2.24) is 14.9 Å². The third kappa shape index (κ3) is 4.56. The van der Waals surface area contributed by atoms with Crippen molar-refractivity contribution < 1.29 is 4.79 Å². The molecule has 0 saturated carbocycles. The molecule has 0 saturated heterocycles. The van der Waals surface area contributed by atoms with Gasteiger partial charge in [-0.05, 0) is 18.6 Å². The molecule has 2 rings (SSSR count). The molecule has 1 amide bonds.